The summed E-state index contributed by atoms with van der Waals surface area (Å²) in [5.74, 6) is 1.59. The summed E-state index contributed by atoms with van der Waals surface area (Å²) in [4.78, 5) is 10.3. The monoisotopic (exact) mass is 240 g/mol. The van der Waals surface area contributed by atoms with Crippen molar-refractivity contribution in [1.29, 1.82) is 0 Å². The molecule has 5 heteroatoms. The molecule has 16 heavy (non-hydrogen) atoms. The molecule has 1 aliphatic rings. The molecular formula is C11H17ClN4. The minimum absolute atomic E-state index is 0.265. The highest BCUT2D eigenvalue weighted by Gasteiger charge is 2.25. The number of hydrogen-bond donors (Lipinski definition) is 1. The van der Waals surface area contributed by atoms with Crippen molar-refractivity contribution in [3.63, 3.8) is 0 Å². The maximum atomic E-state index is 5.89. The van der Waals surface area contributed by atoms with Gasteiger partial charge in [0.05, 0.1) is 11.9 Å². The first-order valence-corrected chi connectivity index (χ1v) is 6.11. The molecule has 0 saturated heterocycles. The second-order valence-corrected chi connectivity index (χ2v) is 4.65. The first kappa shape index (κ1) is 11.5. The fourth-order valence-electron chi connectivity index (χ4n) is 1.78. The van der Waals surface area contributed by atoms with Crippen LogP contribution in [0.25, 0.3) is 0 Å². The quantitative estimate of drug-likeness (QED) is 0.803. The van der Waals surface area contributed by atoms with Crippen molar-refractivity contribution in [2.75, 3.05) is 23.7 Å². The molecule has 88 valence electrons. The smallest absolute Gasteiger partial charge is 0.224 e. The Morgan fingerprint density at radius 2 is 2.31 bits per heavy atom. The normalized spacial score (nSPS) is 15.1. The van der Waals surface area contributed by atoms with Crippen molar-refractivity contribution in [1.82, 2.24) is 9.97 Å². The Balaban J connectivity index is 2.18. The summed E-state index contributed by atoms with van der Waals surface area (Å²) >= 11 is 5.81. The zero-order chi connectivity index (χ0) is 11.5. The SMILES string of the molecule is CCCN(CC1CC1)c1nc(Cl)ncc1N. The lowest BCUT2D eigenvalue weighted by Crippen LogP contribution is -2.28. The Labute approximate surface area is 101 Å². The van der Waals surface area contributed by atoms with Crippen molar-refractivity contribution < 1.29 is 0 Å². The lowest BCUT2D eigenvalue weighted by molar-refractivity contribution is 0.699. The van der Waals surface area contributed by atoms with Gasteiger partial charge >= 0.3 is 0 Å². The van der Waals surface area contributed by atoms with E-state index in [9.17, 15) is 0 Å². The van der Waals surface area contributed by atoms with Gasteiger partial charge in [-0.15, -0.1) is 0 Å². The van der Waals surface area contributed by atoms with E-state index in [-0.39, 0.29) is 5.28 Å². The zero-order valence-corrected chi connectivity index (χ0v) is 10.2. The molecule has 0 atom stereocenters. The van der Waals surface area contributed by atoms with Crippen LogP contribution in [0.2, 0.25) is 5.28 Å². The molecule has 1 aliphatic carbocycles. The van der Waals surface area contributed by atoms with Crippen LogP contribution < -0.4 is 10.6 Å². The van der Waals surface area contributed by atoms with E-state index in [1.54, 1.807) is 6.20 Å². The molecule has 0 radical (unpaired) electrons. The Kier molecular flexibility index (Phi) is 3.49. The number of nitrogen functional groups attached to an aromatic ring is 1. The van der Waals surface area contributed by atoms with E-state index in [1.807, 2.05) is 0 Å². The molecule has 1 aromatic rings. The third-order valence-electron chi connectivity index (χ3n) is 2.74. The van der Waals surface area contributed by atoms with Gasteiger partial charge in [-0.3, -0.25) is 0 Å². The maximum Gasteiger partial charge on any atom is 0.224 e. The van der Waals surface area contributed by atoms with Gasteiger partial charge in [-0.05, 0) is 36.8 Å². The number of halogens is 1. The van der Waals surface area contributed by atoms with Gasteiger partial charge in [0.1, 0.15) is 0 Å². The van der Waals surface area contributed by atoms with Gasteiger partial charge in [-0.25, -0.2) is 4.98 Å². The highest BCUT2D eigenvalue weighted by atomic mass is 35.5. The van der Waals surface area contributed by atoms with Gasteiger partial charge in [0.25, 0.3) is 0 Å². The van der Waals surface area contributed by atoms with Crippen LogP contribution in [0, 0.1) is 5.92 Å². The largest absolute Gasteiger partial charge is 0.394 e. The molecule has 0 amide bonds. The average Bonchev–Trinajstić information content (AvgIpc) is 3.05. The molecule has 0 aliphatic heterocycles. The highest BCUT2D eigenvalue weighted by Crippen LogP contribution is 2.32. The third-order valence-corrected chi connectivity index (χ3v) is 2.92. The van der Waals surface area contributed by atoms with Crippen LogP contribution in [-0.2, 0) is 0 Å². The first-order valence-electron chi connectivity index (χ1n) is 5.73. The Bertz CT molecular complexity index is 365. The number of hydrogen-bond acceptors (Lipinski definition) is 4. The Morgan fingerprint density at radius 1 is 1.56 bits per heavy atom. The summed E-state index contributed by atoms with van der Waals surface area (Å²) in [5, 5.41) is 0.265. The number of nitrogens with zero attached hydrogens (tertiary/aromatic N) is 3. The van der Waals surface area contributed by atoms with Gasteiger partial charge in [0, 0.05) is 13.1 Å². The lowest BCUT2D eigenvalue weighted by Gasteiger charge is -2.24. The Morgan fingerprint density at radius 3 is 2.94 bits per heavy atom. The number of rotatable bonds is 5. The van der Waals surface area contributed by atoms with E-state index in [4.69, 9.17) is 17.3 Å². The van der Waals surface area contributed by atoms with Crippen LogP contribution in [-0.4, -0.2) is 23.1 Å². The van der Waals surface area contributed by atoms with E-state index in [1.165, 1.54) is 12.8 Å². The molecule has 1 aromatic heterocycles. The number of nitrogens with two attached hydrogens (primary N) is 1. The summed E-state index contributed by atoms with van der Waals surface area (Å²) in [7, 11) is 0. The molecule has 1 saturated carbocycles. The van der Waals surface area contributed by atoms with Crippen molar-refractivity contribution in [3.8, 4) is 0 Å². The van der Waals surface area contributed by atoms with E-state index < -0.39 is 0 Å². The summed E-state index contributed by atoms with van der Waals surface area (Å²) in [6, 6.07) is 0. The van der Waals surface area contributed by atoms with Gasteiger partial charge in [0.15, 0.2) is 5.82 Å². The molecular weight excluding hydrogens is 224 g/mol. The van der Waals surface area contributed by atoms with Crippen LogP contribution >= 0.6 is 11.6 Å². The third kappa shape index (κ3) is 2.76. The van der Waals surface area contributed by atoms with Crippen molar-refractivity contribution in [2.45, 2.75) is 26.2 Å². The van der Waals surface area contributed by atoms with E-state index in [0.717, 1.165) is 31.2 Å². The molecule has 2 N–H and O–H groups in total. The summed E-state index contributed by atoms with van der Waals surface area (Å²) < 4.78 is 0. The second-order valence-electron chi connectivity index (χ2n) is 4.31. The minimum Gasteiger partial charge on any atom is -0.394 e. The second kappa shape index (κ2) is 4.87. The predicted octanol–water partition coefficient (Wildman–Crippen LogP) is 2.34. The molecule has 1 heterocycles. The number of anilines is 2. The molecule has 1 fully saturated rings. The standard InChI is InChI=1S/C11H17ClN4/c1-2-5-16(7-8-3-4-8)10-9(13)6-14-11(12)15-10/h6,8H,2-5,7,13H2,1H3. The van der Waals surface area contributed by atoms with Crippen molar-refractivity contribution >= 4 is 23.1 Å². The molecule has 0 unspecified atom stereocenters. The summed E-state index contributed by atoms with van der Waals surface area (Å²) in [6.07, 6.45) is 5.30. The topological polar surface area (TPSA) is 55.0 Å². The van der Waals surface area contributed by atoms with Crippen molar-refractivity contribution in [2.24, 2.45) is 5.92 Å². The maximum absolute atomic E-state index is 5.89. The molecule has 0 spiro atoms. The van der Waals surface area contributed by atoms with Crippen LogP contribution in [0.1, 0.15) is 26.2 Å². The van der Waals surface area contributed by atoms with Crippen LogP contribution in [0.15, 0.2) is 6.20 Å². The fraction of sp³-hybridized carbons (Fsp3) is 0.636. The first-order chi connectivity index (χ1) is 7.70. The summed E-state index contributed by atoms with van der Waals surface area (Å²) in [5.41, 5.74) is 6.50. The van der Waals surface area contributed by atoms with Gasteiger partial charge in [-0.1, -0.05) is 6.92 Å². The van der Waals surface area contributed by atoms with E-state index in [2.05, 4.69) is 21.8 Å². The molecule has 2 rings (SSSR count). The van der Waals surface area contributed by atoms with Crippen LogP contribution in [0.5, 0.6) is 0 Å². The van der Waals surface area contributed by atoms with Gasteiger partial charge in [-0.2, -0.15) is 4.98 Å². The minimum atomic E-state index is 0.265. The lowest BCUT2D eigenvalue weighted by atomic mass is 10.3. The highest BCUT2D eigenvalue weighted by molar-refractivity contribution is 6.28. The molecule has 4 nitrogen and oxygen atoms in total. The zero-order valence-electron chi connectivity index (χ0n) is 9.49. The summed E-state index contributed by atoms with van der Waals surface area (Å²) in [6.45, 7) is 4.15. The van der Waals surface area contributed by atoms with Gasteiger partial charge in [0.2, 0.25) is 5.28 Å². The van der Waals surface area contributed by atoms with E-state index in [0.29, 0.717) is 5.69 Å². The van der Waals surface area contributed by atoms with Crippen LogP contribution in [0.4, 0.5) is 11.5 Å². The molecule has 0 aromatic carbocycles. The van der Waals surface area contributed by atoms with Crippen molar-refractivity contribution in [3.05, 3.63) is 11.5 Å². The van der Waals surface area contributed by atoms with Crippen LogP contribution in [0.3, 0.4) is 0 Å². The average molecular weight is 241 g/mol. The fourth-order valence-corrected chi connectivity index (χ4v) is 1.91. The van der Waals surface area contributed by atoms with Gasteiger partial charge < -0.3 is 10.6 Å². The van der Waals surface area contributed by atoms with E-state index >= 15 is 0 Å². The predicted molar refractivity (Wildman–Crippen MR) is 66.7 cm³/mol. The number of aromatic nitrogens is 2. The Hall–Kier alpha value is -1.03. The molecule has 0 bridgehead atoms.